The highest BCUT2D eigenvalue weighted by Crippen LogP contribution is 2.21. The third-order valence-electron chi connectivity index (χ3n) is 2.63. The molecule has 1 aromatic rings. The van der Waals surface area contributed by atoms with E-state index in [1.54, 1.807) is 19.2 Å². The molecule has 0 aliphatic carbocycles. The van der Waals surface area contributed by atoms with E-state index in [4.69, 9.17) is 14.6 Å². The van der Waals surface area contributed by atoms with Gasteiger partial charge in [0.2, 0.25) is 0 Å². The van der Waals surface area contributed by atoms with Crippen molar-refractivity contribution in [1.82, 2.24) is 0 Å². The highest BCUT2D eigenvalue weighted by Gasteiger charge is 2.10. The van der Waals surface area contributed by atoms with Crippen LogP contribution in [-0.4, -0.2) is 24.3 Å². The lowest BCUT2D eigenvalue weighted by molar-refractivity contribution is 0.0496. The predicted molar refractivity (Wildman–Crippen MR) is 64.5 cm³/mol. The number of carbonyl (C=O) groups is 1. The van der Waals surface area contributed by atoms with E-state index in [1.165, 1.54) is 6.07 Å². The summed E-state index contributed by atoms with van der Waals surface area (Å²) in [6, 6.07) is 4.76. The zero-order valence-corrected chi connectivity index (χ0v) is 10.4. The number of carboxylic acid groups (broad SMARTS) is 1. The number of benzene rings is 1. The summed E-state index contributed by atoms with van der Waals surface area (Å²) in [6.07, 6.45) is 1.06. The second-order valence-electron chi connectivity index (χ2n) is 3.86. The second-order valence-corrected chi connectivity index (χ2v) is 3.86. The molecule has 0 bridgehead atoms. The number of ether oxygens (including phenoxy) is 2. The molecule has 0 spiro atoms. The van der Waals surface area contributed by atoms with E-state index in [2.05, 4.69) is 0 Å². The SMILES string of the molecule is CCC(C)OCc1cc(C(=O)O)ccc1OC. The number of hydrogen-bond donors (Lipinski definition) is 1. The standard InChI is InChI=1S/C13H18O4/c1-4-9(2)17-8-11-7-10(13(14)15)5-6-12(11)16-3/h5-7,9H,4,8H2,1-3H3,(H,14,15). The van der Waals surface area contributed by atoms with Crippen molar-refractivity contribution in [3.63, 3.8) is 0 Å². The molecule has 17 heavy (non-hydrogen) atoms. The van der Waals surface area contributed by atoms with Crippen molar-refractivity contribution in [2.75, 3.05) is 7.11 Å². The van der Waals surface area contributed by atoms with Gasteiger partial charge in [-0.05, 0) is 31.5 Å². The summed E-state index contributed by atoms with van der Waals surface area (Å²) in [5.74, 6) is -0.296. The molecule has 1 N–H and O–H groups in total. The van der Waals surface area contributed by atoms with E-state index in [1.807, 2.05) is 13.8 Å². The van der Waals surface area contributed by atoms with Crippen LogP contribution in [0.2, 0.25) is 0 Å². The summed E-state index contributed by atoms with van der Waals surface area (Å²) in [5, 5.41) is 8.91. The molecule has 0 saturated heterocycles. The Morgan fingerprint density at radius 3 is 2.71 bits per heavy atom. The molecule has 0 aliphatic heterocycles. The van der Waals surface area contributed by atoms with Crippen LogP contribution in [0.4, 0.5) is 0 Å². The van der Waals surface area contributed by atoms with Gasteiger partial charge in [0.15, 0.2) is 0 Å². The molecule has 0 amide bonds. The third-order valence-corrected chi connectivity index (χ3v) is 2.63. The van der Waals surface area contributed by atoms with Crippen molar-refractivity contribution in [3.05, 3.63) is 29.3 Å². The van der Waals surface area contributed by atoms with Crippen molar-refractivity contribution < 1.29 is 19.4 Å². The quantitative estimate of drug-likeness (QED) is 0.827. The fourth-order valence-corrected chi connectivity index (χ4v) is 1.37. The first-order valence-electron chi connectivity index (χ1n) is 5.60. The van der Waals surface area contributed by atoms with Crippen LogP contribution in [0.25, 0.3) is 0 Å². The number of rotatable bonds is 6. The van der Waals surface area contributed by atoms with Crippen LogP contribution in [0.3, 0.4) is 0 Å². The Morgan fingerprint density at radius 1 is 1.47 bits per heavy atom. The molecule has 0 aliphatic rings. The maximum Gasteiger partial charge on any atom is 0.335 e. The van der Waals surface area contributed by atoms with Crippen LogP contribution in [-0.2, 0) is 11.3 Å². The highest BCUT2D eigenvalue weighted by molar-refractivity contribution is 5.88. The highest BCUT2D eigenvalue weighted by atomic mass is 16.5. The van der Waals surface area contributed by atoms with Crippen LogP contribution in [0.15, 0.2) is 18.2 Å². The lowest BCUT2D eigenvalue weighted by Gasteiger charge is -2.13. The van der Waals surface area contributed by atoms with Crippen molar-refractivity contribution in [1.29, 1.82) is 0 Å². The summed E-state index contributed by atoms with van der Waals surface area (Å²) in [5.41, 5.74) is 1.00. The molecule has 4 heteroatoms. The molecule has 94 valence electrons. The molecule has 1 unspecified atom stereocenters. The molecule has 0 heterocycles. The predicted octanol–water partition coefficient (Wildman–Crippen LogP) is 2.71. The van der Waals surface area contributed by atoms with Crippen LogP contribution in [0, 0.1) is 0 Å². The summed E-state index contributed by atoms with van der Waals surface area (Å²) in [4.78, 5) is 10.9. The van der Waals surface area contributed by atoms with E-state index in [-0.39, 0.29) is 11.7 Å². The molecule has 1 aromatic carbocycles. The van der Waals surface area contributed by atoms with Crippen LogP contribution >= 0.6 is 0 Å². The minimum Gasteiger partial charge on any atom is -0.496 e. The van der Waals surface area contributed by atoms with E-state index in [9.17, 15) is 4.79 Å². The largest absolute Gasteiger partial charge is 0.496 e. The average Bonchev–Trinajstić information content (AvgIpc) is 2.35. The Hall–Kier alpha value is -1.55. The van der Waals surface area contributed by atoms with Crippen LogP contribution < -0.4 is 4.74 Å². The van der Waals surface area contributed by atoms with E-state index < -0.39 is 5.97 Å². The van der Waals surface area contributed by atoms with E-state index in [0.29, 0.717) is 12.4 Å². The average molecular weight is 238 g/mol. The van der Waals surface area contributed by atoms with Gasteiger partial charge in [0.05, 0.1) is 25.4 Å². The van der Waals surface area contributed by atoms with Gasteiger partial charge >= 0.3 is 5.97 Å². The lowest BCUT2D eigenvalue weighted by Crippen LogP contribution is -2.08. The Labute approximate surface area is 101 Å². The Balaban J connectivity index is 2.86. The Kier molecular flexibility index (Phi) is 4.97. The van der Waals surface area contributed by atoms with Crippen molar-refractivity contribution in [2.45, 2.75) is 33.0 Å². The monoisotopic (exact) mass is 238 g/mol. The molecule has 0 aromatic heterocycles. The number of hydrogen-bond acceptors (Lipinski definition) is 3. The third kappa shape index (κ3) is 3.75. The summed E-state index contributed by atoms with van der Waals surface area (Å²) in [6.45, 7) is 4.38. The van der Waals surface area contributed by atoms with Gasteiger partial charge in [-0.25, -0.2) is 4.79 Å². The van der Waals surface area contributed by atoms with E-state index >= 15 is 0 Å². The maximum absolute atomic E-state index is 10.9. The van der Waals surface area contributed by atoms with Crippen molar-refractivity contribution in [2.24, 2.45) is 0 Å². The first-order chi connectivity index (χ1) is 8.08. The zero-order chi connectivity index (χ0) is 12.8. The molecule has 0 radical (unpaired) electrons. The number of methoxy groups -OCH3 is 1. The van der Waals surface area contributed by atoms with Crippen molar-refractivity contribution >= 4 is 5.97 Å². The van der Waals surface area contributed by atoms with Gasteiger partial charge in [-0.2, -0.15) is 0 Å². The van der Waals surface area contributed by atoms with Crippen LogP contribution in [0.1, 0.15) is 36.2 Å². The first kappa shape index (κ1) is 13.5. The van der Waals surface area contributed by atoms with E-state index in [0.717, 1.165) is 12.0 Å². The molecule has 1 rings (SSSR count). The van der Waals surface area contributed by atoms with Gasteiger partial charge < -0.3 is 14.6 Å². The lowest BCUT2D eigenvalue weighted by atomic mass is 10.1. The molecule has 4 nitrogen and oxygen atoms in total. The van der Waals surface area contributed by atoms with Gasteiger partial charge in [0.25, 0.3) is 0 Å². The molecule has 1 atom stereocenters. The van der Waals surface area contributed by atoms with Crippen molar-refractivity contribution in [3.8, 4) is 5.75 Å². The minimum atomic E-state index is -0.947. The Morgan fingerprint density at radius 2 is 2.18 bits per heavy atom. The second kappa shape index (κ2) is 6.25. The van der Waals surface area contributed by atoms with Gasteiger partial charge in [-0.3, -0.25) is 0 Å². The molecular formula is C13H18O4. The van der Waals surface area contributed by atoms with Gasteiger partial charge in [-0.15, -0.1) is 0 Å². The zero-order valence-electron chi connectivity index (χ0n) is 10.4. The summed E-state index contributed by atoms with van der Waals surface area (Å²) >= 11 is 0. The number of carboxylic acids is 1. The molecule has 0 fully saturated rings. The van der Waals surface area contributed by atoms with Gasteiger partial charge in [0, 0.05) is 5.56 Å². The minimum absolute atomic E-state index is 0.146. The number of aromatic carboxylic acids is 1. The summed E-state index contributed by atoms with van der Waals surface area (Å²) in [7, 11) is 1.56. The normalized spacial score (nSPS) is 12.2. The summed E-state index contributed by atoms with van der Waals surface area (Å²) < 4.78 is 10.8. The fourth-order valence-electron chi connectivity index (χ4n) is 1.37. The Bertz CT molecular complexity index is 387. The first-order valence-corrected chi connectivity index (χ1v) is 5.60. The molecular weight excluding hydrogens is 220 g/mol. The van der Waals surface area contributed by atoms with Crippen LogP contribution in [0.5, 0.6) is 5.75 Å². The fraction of sp³-hybridized carbons (Fsp3) is 0.462. The van der Waals surface area contributed by atoms with Gasteiger partial charge in [-0.1, -0.05) is 6.92 Å². The smallest absolute Gasteiger partial charge is 0.335 e. The topological polar surface area (TPSA) is 55.8 Å². The molecule has 0 saturated carbocycles. The maximum atomic E-state index is 10.9. The van der Waals surface area contributed by atoms with Gasteiger partial charge in [0.1, 0.15) is 5.75 Å².